The van der Waals surface area contributed by atoms with Gasteiger partial charge in [-0.1, -0.05) is 255 Å². The molecule has 1 atom stereocenters. The molecule has 0 aromatic heterocycles. The first-order chi connectivity index (χ1) is 33.5. The minimum atomic E-state index is -0.791. The molecule has 0 fully saturated rings. The molecule has 0 rings (SSSR count). The summed E-state index contributed by atoms with van der Waals surface area (Å²) in [6, 6.07) is 0. The summed E-state index contributed by atoms with van der Waals surface area (Å²) >= 11 is 0. The molecule has 0 aromatic carbocycles. The van der Waals surface area contributed by atoms with Crippen LogP contribution >= 0.6 is 0 Å². The summed E-state index contributed by atoms with van der Waals surface area (Å²) in [4.78, 5) is 38.2. The summed E-state index contributed by atoms with van der Waals surface area (Å²) in [5, 5.41) is 0. The van der Waals surface area contributed by atoms with Crippen molar-refractivity contribution < 1.29 is 28.6 Å². The highest BCUT2D eigenvalue weighted by Crippen LogP contribution is 2.16. The van der Waals surface area contributed by atoms with Crippen molar-refractivity contribution in [2.75, 3.05) is 13.2 Å². The molecule has 0 N–H and O–H groups in total. The van der Waals surface area contributed by atoms with Gasteiger partial charge in [-0.15, -0.1) is 0 Å². The second-order valence-electron chi connectivity index (χ2n) is 19.5. The highest BCUT2D eigenvalue weighted by Gasteiger charge is 2.19. The highest BCUT2D eigenvalue weighted by atomic mass is 16.6. The lowest BCUT2D eigenvalue weighted by atomic mass is 10.0. The Morgan fingerprint density at radius 3 is 0.941 bits per heavy atom. The molecule has 0 saturated carbocycles. The second kappa shape index (κ2) is 56.7. The first-order valence-electron chi connectivity index (χ1n) is 29.3. The molecule has 0 heterocycles. The minimum Gasteiger partial charge on any atom is -0.462 e. The first-order valence-corrected chi connectivity index (χ1v) is 29.3. The number of hydrogen-bond donors (Lipinski definition) is 0. The van der Waals surface area contributed by atoms with Crippen LogP contribution in [0.3, 0.4) is 0 Å². The average Bonchev–Trinajstić information content (AvgIpc) is 3.34. The molecule has 0 spiro atoms. The standard InChI is InChI=1S/C62H110O6/c1-4-7-10-13-16-19-22-25-28-30-31-32-35-37-40-43-46-49-52-55-61(64)67-58-59(57-66-60(63)54-51-48-45-42-39-36-33-27-24-21-18-15-12-9-6-3)68-62(65)56-53-50-47-44-41-38-34-29-26-23-20-17-14-11-8-5-2/h9,12,18,21,27,30-31,33,39,42,59H,4-8,10-11,13-17,19-20,22-26,28-29,32,34-38,40-41,43-58H2,1-3H3/b12-9-,21-18-,31-30-,33-27-,42-39-/t59-/m1/s1. The topological polar surface area (TPSA) is 78.9 Å². The molecule has 6 nitrogen and oxygen atoms in total. The molecule has 0 aliphatic carbocycles. The van der Waals surface area contributed by atoms with Crippen molar-refractivity contribution in [2.45, 2.75) is 303 Å². The maximum atomic E-state index is 12.9. The van der Waals surface area contributed by atoms with Gasteiger partial charge in [-0.2, -0.15) is 0 Å². The zero-order chi connectivity index (χ0) is 49.3. The van der Waals surface area contributed by atoms with E-state index in [2.05, 4.69) is 81.5 Å². The quantitative estimate of drug-likeness (QED) is 0.0262. The van der Waals surface area contributed by atoms with E-state index in [-0.39, 0.29) is 31.1 Å². The van der Waals surface area contributed by atoms with Gasteiger partial charge in [0.25, 0.3) is 0 Å². The van der Waals surface area contributed by atoms with Crippen molar-refractivity contribution in [3.63, 3.8) is 0 Å². The van der Waals surface area contributed by atoms with Gasteiger partial charge in [-0.3, -0.25) is 14.4 Å². The number of esters is 3. The van der Waals surface area contributed by atoms with E-state index in [1.807, 2.05) is 0 Å². The molecule has 0 saturated heterocycles. The van der Waals surface area contributed by atoms with E-state index in [1.54, 1.807) is 0 Å². The molecular weight excluding hydrogens is 841 g/mol. The Morgan fingerprint density at radius 1 is 0.309 bits per heavy atom. The molecule has 6 heteroatoms. The summed E-state index contributed by atoms with van der Waals surface area (Å²) in [7, 11) is 0. The zero-order valence-corrected chi connectivity index (χ0v) is 45.1. The Labute approximate surface area is 421 Å². The van der Waals surface area contributed by atoms with Crippen molar-refractivity contribution in [2.24, 2.45) is 0 Å². The summed E-state index contributed by atoms with van der Waals surface area (Å²) in [5.41, 5.74) is 0. The lowest BCUT2D eigenvalue weighted by molar-refractivity contribution is -0.167. The SMILES string of the molecule is CC/C=C\C/C=C\C/C=C\C/C=C\CCCCC(=O)OC[C@H](COC(=O)CCCCCCCCC/C=C\CCCCCCCCCC)OC(=O)CCCCCCCCCCCCCCCCCC. The Kier molecular flexibility index (Phi) is 54.3. The predicted molar refractivity (Wildman–Crippen MR) is 293 cm³/mol. The van der Waals surface area contributed by atoms with Crippen molar-refractivity contribution >= 4 is 17.9 Å². The number of rotatable bonds is 53. The summed E-state index contributed by atoms with van der Waals surface area (Å²) in [6.07, 6.45) is 70.7. The fraction of sp³-hybridized carbons (Fsp3) is 0.790. The van der Waals surface area contributed by atoms with Gasteiger partial charge >= 0.3 is 17.9 Å². The third-order valence-corrected chi connectivity index (χ3v) is 12.8. The number of allylic oxidation sites excluding steroid dienone is 10. The maximum Gasteiger partial charge on any atom is 0.306 e. The molecular formula is C62H110O6. The van der Waals surface area contributed by atoms with E-state index in [0.717, 1.165) is 83.5 Å². The average molecular weight is 952 g/mol. The normalized spacial score (nSPS) is 12.5. The van der Waals surface area contributed by atoms with Crippen LogP contribution in [0.15, 0.2) is 60.8 Å². The van der Waals surface area contributed by atoms with Crippen molar-refractivity contribution in [3.8, 4) is 0 Å². The number of carbonyl (C=O) groups excluding carboxylic acids is 3. The molecule has 68 heavy (non-hydrogen) atoms. The molecule has 0 radical (unpaired) electrons. The fourth-order valence-corrected chi connectivity index (χ4v) is 8.37. The number of unbranched alkanes of at least 4 members (excludes halogenated alkanes) is 32. The Balaban J connectivity index is 4.40. The number of carbonyl (C=O) groups is 3. The highest BCUT2D eigenvalue weighted by molar-refractivity contribution is 5.71. The first kappa shape index (κ1) is 65.1. The Bertz CT molecular complexity index is 1230. The van der Waals surface area contributed by atoms with Gasteiger partial charge in [0.05, 0.1) is 0 Å². The molecule has 0 unspecified atom stereocenters. The predicted octanol–water partition coefficient (Wildman–Crippen LogP) is 19.6. The Morgan fingerprint density at radius 2 is 0.574 bits per heavy atom. The van der Waals surface area contributed by atoms with Gasteiger partial charge in [0.1, 0.15) is 13.2 Å². The van der Waals surface area contributed by atoms with Crippen molar-refractivity contribution in [3.05, 3.63) is 60.8 Å². The fourth-order valence-electron chi connectivity index (χ4n) is 8.37. The van der Waals surface area contributed by atoms with Crippen LogP contribution in [0.5, 0.6) is 0 Å². The summed E-state index contributed by atoms with van der Waals surface area (Å²) in [6.45, 7) is 6.52. The third-order valence-electron chi connectivity index (χ3n) is 12.8. The van der Waals surface area contributed by atoms with Gasteiger partial charge in [0, 0.05) is 19.3 Å². The van der Waals surface area contributed by atoms with Gasteiger partial charge in [0.15, 0.2) is 6.10 Å². The zero-order valence-electron chi connectivity index (χ0n) is 45.1. The van der Waals surface area contributed by atoms with Crippen LogP contribution in [-0.4, -0.2) is 37.2 Å². The molecule has 0 amide bonds. The van der Waals surface area contributed by atoms with Crippen LogP contribution < -0.4 is 0 Å². The molecule has 0 bridgehead atoms. The number of ether oxygens (including phenoxy) is 3. The summed E-state index contributed by atoms with van der Waals surface area (Å²) in [5.74, 6) is -0.920. The van der Waals surface area contributed by atoms with E-state index >= 15 is 0 Å². The third kappa shape index (κ3) is 54.1. The monoisotopic (exact) mass is 951 g/mol. The van der Waals surface area contributed by atoms with E-state index in [9.17, 15) is 14.4 Å². The molecule has 0 aromatic rings. The van der Waals surface area contributed by atoms with Crippen LogP contribution in [0.1, 0.15) is 297 Å². The maximum absolute atomic E-state index is 12.9. The smallest absolute Gasteiger partial charge is 0.306 e. The summed E-state index contributed by atoms with van der Waals surface area (Å²) < 4.78 is 16.8. The van der Waals surface area contributed by atoms with E-state index in [4.69, 9.17) is 14.2 Å². The minimum absolute atomic E-state index is 0.0871. The lowest BCUT2D eigenvalue weighted by Crippen LogP contribution is -2.30. The van der Waals surface area contributed by atoms with E-state index in [0.29, 0.717) is 19.3 Å². The van der Waals surface area contributed by atoms with Gasteiger partial charge in [0.2, 0.25) is 0 Å². The van der Waals surface area contributed by atoms with Gasteiger partial charge < -0.3 is 14.2 Å². The molecule has 394 valence electrons. The number of hydrogen-bond acceptors (Lipinski definition) is 6. The second-order valence-corrected chi connectivity index (χ2v) is 19.5. The van der Waals surface area contributed by atoms with Crippen LogP contribution in [0.2, 0.25) is 0 Å². The Hall–Kier alpha value is -2.89. The lowest BCUT2D eigenvalue weighted by Gasteiger charge is -2.18. The van der Waals surface area contributed by atoms with E-state index < -0.39 is 6.10 Å². The van der Waals surface area contributed by atoms with Gasteiger partial charge in [-0.05, 0) is 83.5 Å². The largest absolute Gasteiger partial charge is 0.462 e. The van der Waals surface area contributed by atoms with E-state index in [1.165, 1.54) is 173 Å². The molecule has 0 aliphatic heterocycles. The van der Waals surface area contributed by atoms with Gasteiger partial charge in [-0.25, -0.2) is 0 Å². The van der Waals surface area contributed by atoms with Crippen LogP contribution in [0.25, 0.3) is 0 Å². The van der Waals surface area contributed by atoms with Crippen molar-refractivity contribution in [1.82, 2.24) is 0 Å². The van der Waals surface area contributed by atoms with Crippen LogP contribution in [0, 0.1) is 0 Å². The van der Waals surface area contributed by atoms with Crippen molar-refractivity contribution in [1.29, 1.82) is 0 Å². The molecule has 0 aliphatic rings. The van der Waals surface area contributed by atoms with Crippen LogP contribution in [0.4, 0.5) is 0 Å². The van der Waals surface area contributed by atoms with Crippen LogP contribution in [-0.2, 0) is 28.6 Å².